The Hall–Kier alpha value is -1.57. The Balaban J connectivity index is 4.42. The Kier molecular flexibility index (Phi) is 19.6. The summed E-state index contributed by atoms with van der Waals surface area (Å²) in [6, 6.07) is 0. The predicted molar refractivity (Wildman–Crippen MR) is 125 cm³/mol. The molecule has 0 aromatic carbocycles. The third-order valence-corrected chi connectivity index (χ3v) is 4.97. The zero-order valence-electron chi connectivity index (χ0n) is 19.7. The van der Waals surface area contributed by atoms with Crippen molar-refractivity contribution in [3.8, 4) is 11.8 Å². The van der Waals surface area contributed by atoms with E-state index in [0.717, 1.165) is 64.2 Å². The van der Waals surface area contributed by atoms with Crippen molar-refractivity contribution in [2.45, 2.75) is 98.2 Å². The lowest BCUT2D eigenvalue weighted by atomic mass is 9.86. The van der Waals surface area contributed by atoms with Gasteiger partial charge in [-0.2, -0.15) is 0 Å². The Morgan fingerprint density at radius 1 is 0.900 bits per heavy atom. The molecule has 0 aliphatic rings. The van der Waals surface area contributed by atoms with Crippen molar-refractivity contribution >= 4 is 5.97 Å². The SMILES string of the molecule is CCC/C=C/COC(C#CCCCCC(C(=O)O)C(C)CCC)OC/C=C/CCC. The maximum Gasteiger partial charge on any atom is 0.306 e. The van der Waals surface area contributed by atoms with Gasteiger partial charge in [0.25, 0.3) is 0 Å². The van der Waals surface area contributed by atoms with Gasteiger partial charge in [-0.3, -0.25) is 4.79 Å². The molecule has 0 saturated heterocycles. The van der Waals surface area contributed by atoms with Crippen molar-refractivity contribution in [3.63, 3.8) is 0 Å². The van der Waals surface area contributed by atoms with Crippen LogP contribution in [-0.2, 0) is 14.3 Å². The monoisotopic (exact) mass is 420 g/mol. The van der Waals surface area contributed by atoms with Gasteiger partial charge in [0.05, 0.1) is 19.1 Å². The number of allylic oxidation sites excluding steroid dienone is 2. The van der Waals surface area contributed by atoms with Crippen LogP contribution in [0.1, 0.15) is 91.9 Å². The first kappa shape index (κ1) is 28.4. The van der Waals surface area contributed by atoms with Gasteiger partial charge in [-0.15, -0.1) is 0 Å². The Labute approximate surface area is 185 Å². The van der Waals surface area contributed by atoms with Gasteiger partial charge < -0.3 is 14.6 Å². The summed E-state index contributed by atoms with van der Waals surface area (Å²) in [6.45, 7) is 9.43. The van der Waals surface area contributed by atoms with E-state index in [9.17, 15) is 9.90 Å². The second-order valence-corrected chi connectivity index (χ2v) is 7.80. The molecular formula is C26H44O4. The van der Waals surface area contributed by atoms with E-state index in [4.69, 9.17) is 9.47 Å². The summed E-state index contributed by atoms with van der Waals surface area (Å²) in [5.41, 5.74) is 0. The van der Waals surface area contributed by atoms with E-state index in [1.165, 1.54) is 0 Å². The average Bonchev–Trinajstić information content (AvgIpc) is 2.72. The van der Waals surface area contributed by atoms with Gasteiger partial charge in [-0.1, -0.05) is 90.0 Å². The zero-order valence-corrected chi connectivity index (χ0v) is 19.7. The standard InChI is InChI=1S/C26H44O4/c1-5-8-10-16-21-29-25(30-22-17-11-9-6-2)20-15-13-12-14-19-24(26(27)28)23(4)18-7-3/h10-11,16-17,23-25H,5-9,12-14,18-19,21-22H2,1-4H3,(H,27,28)/b16-10+,17-11+. The number of carboxylic acid groups (broad SMARTS) is 1. The summed E-state index contributed by atoms with van der Waals surface area (Å²) in [5, 5.41) is 9.45. The number of carbonyl (C=O) groups is 1. The van der Waals surface area contributed by atoms with Crippen molar-refractivity contribution in [1.29, 1.82) is 0 Å². The Morgan fingerprint density at radius 3 is 2.00 bits per heavy atom. The van der Waals surface area contributed by atoms with E-state index in [-0.39, 0.29) is 11.8 Å². The molecule has 0 fully saturated rings. The van der Waals surface area contributed by atoms with Crippen LogP contribution in [0.2, 0.25) is 0 Å². The fraction of sp³-hybridized carbons (Fsp3) is 0.731. The fourth-order valence-corrected chi connectivity index (χ4v) is 3.16. The second-order valence-electron chi connectivity index (χ2n) is 7.80. The lowest BCUT2D eigenvalue weighted by molar-refractivity contribution is -0.143. The molecule has 0 heterocycles. The Bertz CT molecular complexity index is 507. The van der Waals surface area contributed by atoms with Crippen LogP contribution in [0.4, 0.5) is 0 Å². The van der Waals surface area contributed by atoms with Crippen molar-refractivity contribution < 1.29 is 19.4 Å². The molecule has 0 amide bonds. The van der Waals surface area contributed by atoms with E-state index in [0.29, 0.717) is 13.2 Å². The molecule has 0 rings (SSSR count). The van der Waals surface area contributed by atoms with Crippen molar-refractivity contribution in [2.24, 2.45) is 11.8 Å². The van der Waals surface area contributed by atoms with Crippen molar-refractivity contribution in [2.75, 3.05) is 13.2 Å². The Morgan fingerprint density at radius 2 is 1.50 bits per heavy atom. The van der Waals surface area contributed by atoms with Crippen LogP contribution in [0.25, 0.3) is 0 Å². The zero-order chi connectivity index (χ0) is 22.5. The predicted octanol–water partition coefficient (Wildman–Crippen LogP) is 6.76. The fourth-order valence-electron chi connectivity index (χ4n) is 3.16. The maximum absolute atomic E-state index is 11.5. The van der Waals surface area contributed by atoms with Crippen LogP contribution in [0, 0.1) is 23.7 Å². The van der Waals surface area contributed by atoms with Crippen LogP contribution in [0.5, 0.6) is 0 Å². The summed E-state index contributed by atoms with van der Waals surface area (Å²) < 4.78 is 11.5. The van der Waals surface area contributed by atoms with E-state index in [2.05, 4.69) is 44.8 Å². The van der Waals surface area contributed by atoms with Crippen molar-refractivity contribution in [3.05, 3.63) is 24.3 Å². The lowest BCUT2D eigenvalue weighted by Crippen LogP contribution is -2.21. The van der Waals surface area contributed by atoms with E-state index >= 15 is 0 Å². The quantitative estimate of drug-likeness (QED) is 0.115. The molecule has 2 atom stereocenters. The highest BCUT2D eigenvalue weighted by Crippen LogP contribution is 2.23. The summed E-state index contributed by atoms with van der Waals surface area (Å²) in [6.07, 6.45) is 17.3. The van der Waals surface area contributed by atoms with Crippen LogP contribution in [0.3, 0.4) is 0 Å². The summed E-state index contributed by atoms with van der Waals surface area (Å²) in [4.78, 5) is 11.5. The molecule has 0 saturated carbocycles. The molecule has 30 heavy (non-hydrogen) atoms. The largest absolute Gasteiger partial charge is 0.481 e. The topological polar surface area (TPSA) is 55.8 Å². The highest BCUT2D eigenvalue weighted by molar-refractivity contribution is 5.70. The highest BCUT2D eigenvalue weighted by atomic mass is 16.7. The van der Waals surface area contributed by atoms with E-state index < -0.39 is 12.3 Å². The molecule has 0 aliphatic heterocycles. The van der Waals surface area contributed by atoms with E-state index in [1.54, 1.807) is 0 Å². The highest BCUT2D eigenvalue weighted by Gasteiger charge is 2.23. The number of hydrogen-bond donors (Lipinski definition) is 1. The minimum Gasteiger partial charge on any atom is -0.481 e. The van der Waals surface area contributed by atoms with Crippen LogP contribution in [0.15, 0.2) is 24.3 Å². The van der Waals surface area contributed by atoms with E-state index in [1.807, 2.05) is 19.1 Å². The molecule has 0 aromatic rings. The van der Waals surface area contributed by atoms with Crippen LogP contribution in [-0.4, -0.2) is 30.6 Å². The summed E-state index contributed by atoms with van der Waals surface area (Å²) in [7, 11) is 0. The van der Waals surface area contributed by atoms with Gasteiger partial charge in [-0.05, 0) is 37.5 Å². The van der Waals surface area contributed by atoms with Crippen LogP contribution < -0.4 is 0 Å². The number of unbranched alkanes of at least 4 members (excludes halogenated alkanes) is 4. The van der Waals surface area contributed by atoms with Gasteiger partial charge in [0.15, 0.2) is 0 Å². The average molecular weight is 421 g/mol. The minimum absolute atomic E-state index is 0.228. The van der Waals surface area contributed by atoms with Gasteiger partial charge in [0, 0.05) is 6.42 Å². The molecule has 0 spiro atoms. The normalized spacial score (nSPS) is 13.6. The first-order chi connectivity index (χ1) is 14.6. The number of rotatable bonds is 18. The van der Waals surface area contributed by atoms with Gasteiger partial charge in [-0.25, -0.2) is 0 Å². The smallest absolute Gasteiger partial charge is 0.306 e. The lowest BCUT2D eigenvalue weighted by Gasteiger charge is -2.19. The first-order valence-corrected chi connectivity index (χ1v) is 11.8. The molecular weight excluding hydrogens is 376 g/mol. The van der Waals surface area contributed by atoms with Gasteiger partial charge >= 0.3 is 5.97 Å². The number of ether oxygens (including phenoxy) is 2. The second kappa shape index (κ2) is 20.7. The summed E-state index contributed by atoms with van der Waals surface area (Å²) >= 11 is 0. The molecule has 0 bridgehead atoms. The van der Waals surface area contributed by atoms with Gasteiger partial charge in [0.1, 0.15) is 0 Å². The molecule has 0 radical (unpaired) electrons. The first-order valence-electron chi connectivity index (χ1n) is 11.8. The number of aliphatic carboxylic acids is 1. The number of carboxylic acids is 1. The molecule has 0 aliphatic carbocycles. The molecule has 2 unspecified atom stereocenters. The number of hydrogen-bond acceptors (Lipinski definition) is 3. The third kappa shape index (κ3) is 16.3. The molecule has 4 heteroatoms. The third-order valence-electron chi connectivity index (χ3n) is 4.97. The molecule has 172 valence electrons. The van der Waals surface area contributed by atoms with Crippen molar-refractivity contribution in [1.82, 2.24) is 0 Å². The summed E-state index contributed by atoms with van der Waals surface area (Å²) in [5.74, 6) is 5.54. The molecule has 1 N–H and O–H groups in total. The van der Waals surface area contributed by atoms with Crippen LogP contribution >= 0.6 is 0 Å². The maximum atomic E-state index is 11.5. The van der Waals surface area contributed by atoms with Gasteiger partial charge in [0.2, 0.25) is 6.29 Å². The molecule has 4 nitrogen and oxygen atoms in total. The molecule has 0 aromatic heterocycles. The minimum atomic E-state index is -0.670.